The van der Waals surface area contributed by atoms with Crippen molar-refractivity contribution >= 4 is 11.9 Å². The second kappa shape index (κ2) is 5.71. The maximum Gasteiger partial charge on any atom is 0.304 e. The van der Waals surface area contributed by atoms with Gasteiger partial charge in [0.15, 0.2) is 0 Å². The Hall–Kier alpha value is -1.78. The van der Waals surface area contributed by atoms with Crippen LogP contribution in [0, 0.1) is 5.92 Å². The number of amides is 1. The van der Waals surface area contributed by atoms with Gasteiger partial charge in [-0.15, -0.1) is 0 Å². The molecule has 0 radical (unpaired) electrons. The van der Waals surface area contributed by atoms with Crippen molar-refractivity contribution in [2.75, 3.05) is 6.54 Å². The third-order valence-electron chi connectivity index (χ3n) is 3.01. The van der Waals surface area contributed by atoms with Gasteiger partial charge in [0.2, 0.25) is 5.91 Å². The van der Waals surface area contributed by atoms with Crippen LogP contribution in [0.3, 0.4) is 0 Å². The monoisotopic (exact) mass is 252 g/mol. The summed E-state index contributed by atoms with van der Waals surface area (Å²) in [6.07, 6.45) is 3.59. The maximum atomic E-state index is 11.7. The predicted octanol–water partition coefficient (Wildman–Crippen LogP) is 1.52. The lowest BCUT2D eigenvalue weighted by Crippen LogP contribution is -2.39. The van der Waals surface area contributed by atoms with Crippen LogP contribution in [0.2, 0.25) is 0 Å². The Balaban J connectivity index is 2.50. The molecule has 1 rings (SSSR count). The summed E-state index contributed by atoms with van der Waals surface area (Å²) < 4.78 is 0. The van der Waals surface area contributed by atoms with Crippen LogP contribution >= 0.6 is 0 Å². The number of carboxylic acids is 1. The van der Waals surface area contributed by atoms with Gasteiger partial charge in [-0.1, -0.05) is 20.8 Å². The summed E-state index contributed by atoms with van der Waals surface area (Å²) in [4.78, 5) is 25.2. The van der Waals surface area contributed by atoms with Crippen LogP contribution in [0.25, 0.3) is 0 Å². The largest absolute Gasteiger partial charge is 0.481 e. The summed E-state index contributed by atoms with van der Waals surface area (Å²) in [5.74, 6) is -1.69. The number of nitrogens with one attached hydrogen (secondary N) is 2. The molecule has 0 fully saturated rings. The number of aromatic amines is 1. The molecule has 0 saturated carbocycles. The molecule has 100 valence electrons. The molecule has 0 aromatic carbocycles. The number of H-pyrrole nitrogens is 1. The molecule has 0 spiro atoms. The van der Waals surface area contributed by atoms with E-state index in [2.05, 4.69) is 10.3 Å². The minimum atomic E-state index is -0.956. The quantitative estimate of drug-likeness (QED) is 0.718. The van der Waals surface area contributed by atoms with Crippen molar-refractivity contribution in [3.63, 3.8) is 0 Å². The van der Waals surface area contributed by atoms with Gasteiger partial charge in [-0.25, -0.2) is 0 Å². The zero-order chi connectivity index (χ0) is 13.8. The maximum absolute atomic E-state index is 11.7. The Bertz CT molecular complexity index is 410. The molecule has 1 amide bonds. The highest BCUT2D eigenvalue weighted by Crippen LogP contribution is 2.21. The second-order valence-electron chi connectivity index (χ2n) is 5.20. The Morgan fingerprint density at radius 3 is 2.67 bits per heavy atom. The highest BCUT2D eigenvalue weighted by atomic mass is 16.4. The van der Waals surface area contributed by atoms with Crippen molar-refractivity contribution in [3.8, 4) is 0 Å². The van der Waals surface area contributed by atoms with Gasteiger partial charge in [0.05, 0.1) is 6.42 Å². The van der Waals surface area contributed by atoms with E-state index in [1.165, 1.54) is 0 Å². The van der Waals surface area contributed by atoms with Gasteiger partial charge in [0.1, 0.15) is 0 Å². The smallest absolute Gasteiger partial charge is 0.304 e. The lowest BCUT2D eigenvalue weighted by Gasteiger charge is -2.24. The number of hydrogen-bond acceptors (Lipinski definition) is 2. The minimum absolute atomic E-state index is 0.142. The zero-order valence-corrected chi connectivity index (χ0v) is 11.0. The van der Waals surface area contributed by atoms with Crippen molar-refractivity contribution in [1.29, 1.82) is 0 Å². The predicted molar refractivity (Wildman–Crippen MR) is 68.2 cm³/mol. The molecule has 5 nitrogen and oxygen atoms in total. The lowest BCUT2D eigenvalue weighted by molar-refractivity contribution is -0.140. The molecule has 5 heteroatoms. The highest BCUT2D eigenvalue weighted by Gasteiger charge is 2.23. The molecule has 18 heavy (non-hydrogen) atoms. The van der Waals surface area contributed by atoms with Gasteiger partial charge in [0, 0.05) is 30.3 Å². The average Bonchev–Trinajstić information content (AvgIpc) is 2.78. The number of carboxylic acid groups (broad SMARTS) is 1. The molecular formula is C13H20N2O3. The van der Waals surface area contributed by atoms with E-state index < -0.39 is 11.9 Å². The van der Waals surface area contributed by atoms with Crippen LogP contribution in [0.15, 0.2) is 18.5 Å². The summed E-state index contributed by atoms with van der Waals surface area (Å²) >= 11 is 0. The Morgan fingerprint density at radius 1 is 1.50 bits per heavy atom. The average molecular weight is 252 g/mol. The molecule has 0 saturated heterocycles. The van der Waals surface area contributed by atoms with Crippen molar-refractivity contribution in [2.45, 2.75) is 32.6 Å². The van der Waals surface area contributed by atoms with E-state index in [1.807, 2.05) is 32.3 Å². The van der Waals surface area contributed by atoms with E-state index in [0.717, 1.165) is 5.56 Å². The first kappa shape index (κ1) is 14.3. The van der Waals surface area contributed by atoms with Gasteiger partial charge >= 0.3 is 5.97 Å². The molecule has 1 unspecified atom stereocenters. The van der Waals surface area contributed by atoms with Gasteiger partial charge in [-0.05, 0) is 11.6 Å². The Kier molecular flexibility index (Phi) is 4.53. The molecule has 0 aliphatic rings. The van der Waals surface area contributed by atoms with Crippen molar-refractivity contribution in [3.05, 3.63) is 24.0 Å². The third kappa shape index (κ3) is 3.91. The zero-order valence-electron chi connectivity index (χ0n) is 11.0. The molecule has 0 bridgehead atoms. The minimum Gasteiger partial charge on any atom is -0.481 e. The molecule has 1 aromatic rings. The number of rotatable bonds is 6. The summed E-state index contributed by atoms with van der Waals surface area (Å²) in [5.41, 5.74) is 0.923. The van der Waals surface area contributed by atoms with Crippen LogP contribution < -0.4 is 5.32 Å². The van der Waals surface area contributed by atoms with Crippen molar-refractivity contribution in [1.82, 2.24) is 10.3 Å². The Morgan fingerprint density at radius 2 is 2.17 bits per heavy atom. The Labute approximate surface area is 107 Å². The SMILES string of the molecule is CC(CC(=O)O)C(=O)NCC(C)(C)c1cc[nH]c1. The van der Waals surface area contributed by atoms with Crippen LogP contribution in [0.4, 0.5) is 0 Å². The molecule has 1 heterocycles. The van der Waals surface area contributed by atoms with Crippen molar-refractivity contribution < 1.29 is 14.7 Å². The summed E-state index contributed by atoms with van der Waals surface area (Å²) in [5, 5.41) is 11.4. The lowest BCUT2D eigenvalue weighted by atomic mass is 9.86. The molecule has 1 atom stereocenters. The number of aromatic nitrogens is 1. The van der Waals surface area contributed by atoms with E-state index in [4.69, 9.17) is 5.11 Å². The van der Waals surface area contributed by atoms with Crippen LogP contribution in [0.5, 0.6) is 0 Å². The molecule has 1 aromatic heterocycles. The van der Waals surface area contributed by atoms with Gasteiger partial charge < -0.3 is 15.4 Å². The number of carbonyl (C=O) groups is 2. The third-order valence-corrected chi connectivity index (χ3v) is 3.01. The number of carbonyl (C=O) groups excluding carboxylic acids is 1. The van der Waals surface area contributed by atoms with Crippen LogP contribution in [-0.2, 0) is 15.0 Å². The summed E-state index contributed by atoms with van der Waals surface area (Å²) in [7, 11) is 0. The van der Waals surface area contributed by atoms with E-state index in [0.29, 0.717) is 6.54 Å². The number of aliphatic carboxylic acids is 1. The van der Waals surface area contributed by atoms with Crippen molar-refractivity contribution in [2.24, 2.45) is 5.92 Å². The van der Waals surface area contributed by atoms with Gasteiger partial charge in [0.25, 0.3) is 0 Å². The summed E-state index contributed by atoms with van der Waals surface area (Å²) in [6, 6.07) is 1.97. The topological polar surface area (TPSA) is 82.2 Å². The van der Waals surface area contributed by atoms with E-state index in [9.17, 15) is 9.59 Å². The van der Waals surface area contributed by atoms with Gasteiger partial charge in [-0.2, -0.15) is 0 Å². The molecular weight excluding hydrogens is 232 g/mol. The molecule has 0 aliphatic carbocycles. The van der Waals surface area contributed by atoms with Crippen LogP contribution in [0.1, 0.15) is 32.8 Å². The highest BCUT2D eigenvalue weighted by molar-refractivity contribution is 5.82. The fourth-order valence-corrected chi connectivity index (χ4v) is 1.68. The standard InChI is InChI=1S/C13H20N2O3/c1-9(6-11(16)17)12(18)15-8-13(2,3)10-4-5-14-7-10/h4-5,7,9,14H,6,8H2,1-3H3,(H,15,18)(H,16,17). The normalized spacial score (nSPS) is 13.1. The van der Waals surface area contributed by atoms with E-state index in [1.54, 1.807) is 6.92 Å². The first-order valence-corrected chi connectivity index (χ1v) is 5.95. The van der Waals surface area contributed by atoms with Gasteiger partial charge in [-0.3, -0.25) is 9.59 Å². The molecule has 3 N–H and O–H groups in total. The second-order valence-corrected chi connectivity index (χ2v) is 5.20. The van der Waals surface area contributed by atoms with E-state index in [-0.39, 0.29) is 17.7 Å². The first-order valence-electron chi connectivity index (χ1n) is 5.95. The van der Waals surface area contributed by atoms with Crippen LogP contribution in [-0.4, -0.2) is 28.5 Å². The molecule has 0 aliphatic heterocycles. The fourth-order valence-electron chi connectivity index (χ4n) is 1.68. The summed E-state index contributed by atoms with van der Waals surface area (Å²) in [6.45, 7) is 6.15. The fraction of sp³-hybridized carbons (Fsp3) is 0.538. The first-order chi connectivity index (χ1) is 8.33. The number of hydrogen-bond donors (Lipinski definition) is 3. The van der Waals surface area contributed by atoms with E-state index >= 15 is 0 Å².